The van der Waals surface area contributed by atoms with E-state index in [9.17, 15) is 4.79 Å². The number of thiocarbonyl (C=S) groups is 1. The molecule has 0 atom stereocenters. The van der Waals surface area contributed by atoms with E-state index in [4.69, 9.17) is 27.9 Å². The molecule has 0 bridgehead atoms. The number of amides is 1. The van der Waals surface area contributed by atoms with Gasteiger partial charge in [-0.3, -0.25) is 4.79 Å². The van der Waals surface area contributed by atoms with Gasteiger partial charge < -0.3 is 30.2 Å². The second-order valence-electron chi connectivity index (χ2n) is 9.85. The van der Waals surface area contributed by atoms with Gasteiger partial charge >= 0.3 is 0 Å². The van der Waals surface area contributed by atoms with Gasteiger partial charge in [0.15, 0.2) is 0 Å². The maximum Gasteiger partial charge on any atom is 0.253 e. The molecule has 7 nitrogen and oxygen atoms in total. The summed E-state index contributed by atoms with van der Waals surface area (Å²) in [5, 5.41) is 16.5. The Labute approximate surface area is 335 Å². The second kappa shape index (κ2) is 25.9. The Morgan fingerprint density at radius 1 is 0.775 bits per heavy atom. The Balaban J connectivity index is -0.000000295. The second-order valence-corrected chi connectivity index (χ2v) is 10.2. The average Bonchev–Trinajstić information content (AvgIpc) is 3.41. The first kappa shape index (κ1) is 48.5. The molecule has 1 amide bonds. The summed E-state index contributed by atoms with van der Waals surface area (Å²) in [5.74, 6) is 0.567. The molecule has 0 aromatic carbocycles. The smallest absolute Gasteiger partial charge is 0.253 e. The molecule has 2 aromatic rings. The Bertz CT molecular complexity index is 903. The molecule has 6 radical (unpaired) electrons. The summed E-state index contributed by atoms with van der Waals surface area (Å²) in [4.78, 5) is 17.0. The van der Waals surface area contributed by atoms with E-state index in [2.05, 4.69) is 39.1 Å². The van der Waals surface area contributed by atoms with Crippen molar-refractivity contribution in [1.82, 2.24) is 30.2 Å². The van der Waals surface area contributed by atoms with Crippen molar-refractivity contribution < 1.29 is 70.2 Å². The van der Waals surface area contributed by atoms with Gasteiger partial charge in [0, 0.05) is 115 Å². The molecule has 0 aliphatic carbocycles. The minimum Gasteiger partial charge on any atom is -0.578 e. The van der Waals surface area contributed by atoms with Crippen LogP contribution in [-0.2, 0) is 65.4 Å². The molecular weight excluding hydrogens is 898 g/mol. The van der Waals surface area contributed by atoms with Gasteiger partial charge in [-0.25, -0.2) is 0 Å². The minimum atomic E-state index is 0. The molecular formula is C26H44B2I2N6OSY2-2. The van der Waals surface area contributed by atoms with E-state index in [-0.39, 0.29) is 125 Å². The van der Waals surface area contributed by atoms with Gasteiger partial charge in [0.05, 0.1) is 15.7 Å². The first-order chi connectivity index (χ1) is 17.0. The third-order valence-corrected chi connectivity index (χ3v) is 6.48. The van der Waals surface area contributed by atoms with Crippen LogP contribution in [-0.4, -0.2) is 73.8 Å². The summed E-state index contributed by atoms with van der Waals surface area (Å²) in [6, 6.07) is 0. The van der Waals surface area contributed by atoms with Crippen LogP contribution in [0.15, 0.2) is 0 Å². The number of rotatable bonds is 12. The maximum absolute atomic E-state index is 12.4. The van der Waals surface area contributed by atoms with Crippen molar-refractivity contribution in [3.63, 3.8) is 0 Å². The molecule has 0 saturated heterocycles. The Kier molecular flexibility index (Phi) is 31.3. The molecule has 2 rings (SSSR count). The fourth-order valence-electron chi connectivity index (χ4n) is 3.74. The molecule has 0 unspecified atom stereocenters. The molecule has 0 saturated carbocycles. The fourth-order valence-corrected chi connectivity index (χ4v) is 4.08. The molecule has 218 valence electrons. The van der Waals surface area contributed by atoms with Crippen LogP contribution in [0.25, 0.3) is 0 Å². The van der Waals surface area contributed by atoms with E-state index < -0.39 is 0 Å². The van der Waals surface area contributed by atoms with Gasteiger partial charge in [0.2, 0.25) is 0 Å². The van der Waals surface area contributed by atoms with Crippen molar-refractivity contribution in [2.24, 2.45) is 0 Å². The van der Waals surface area contributed by atoms with Crippen LogP contribution in [0.2, 0.25) is 12.6 Å². The molecule has 40 heavy (non-hydrogen) atoms. The SMILES string of the molecule is I.I.[B]CCCCN(C)C(=O)c1c(C(C)C)n[n-]c1C.[B]CCCCN(C)C(=S)c1c(C(C)C)n[n-]c1C.[Y].[Y]. The summed E-state index contributed by atoms with van der Waals surface area (Å²) in [5.41, 5.74) is 5.14. The van der Waals surface area contributed by atoms with Gasteiger partial charge in [-0.2, -0.15) is 0 Å². The van der Waals surface area contributed by atoms with Crippen LogP contribution in [0.4, 0.5) is 0 Å². The van der Waals surface area contributed by atoms with E-state index in [1.165, 1.54) is 0 Å². The number of unbranched alkanes of at least 4 members (excludes halogenated alkanes) is 2. The van der Waals surface area contributed by atoms with Crippen LogP contribution in [0.5, 0.6) is 0 Å². The van der Waals surface area contributed by atoms with E-state index in [0.717, 1.165) is 78.4 Å². The van der Waals surface area contributed by atoms with Crippen LogP contribution in [0.1, 0.15) is 104 Å². The van der Waals surface area contributed by atoms with Gasteiger partial charge in [0.1, 0.15) is 4.99 Å². The summed E-state index contributed by atoms with van der Waals surface area (Å²) >= 11 is 5.56. The van der Waals surface area contributed by atoms with Gasteiger partial charge in [-0.15, -0.1) is 59.3 Å². The topological polar surface area (TPSA) is 77.5 Å². The van der Waals surface area contributed by atoms with E-state index >= 15 is 0 Å². The monoisotopic (exact) mass is 942 g/mol. The zero-order valence-corrected chi connectivity index (χ0v) is 36.6. The molecule has 2 aromatic heterocycles. The van der Waals surface area contributed by atoms with Crippen LogP contribution < -0.4 is 10.2 Å². The average molecular weight is 942 g/mol. The van der Waals surface area contributed by atoms with Crippen LogP contribution in [0.3, 0.4) is 0 Å². The molecule has 14 heteroatoms. The number of hydrogen-bond donors (Lipinski definition) is 0. The van der Waals surface area contributed by atoms with Gasteiger partial charge in [-0.1, -0.05) is 79.2 Å². The normalized spacial score (nSPS) is 9.85. The van der Waals surface area contributed by atoms with Crippen molar-refractivity contribution in [2.75, 3.05) is 27.2 Å². The number of carbonyl (C=O) groups is 1. The number of nitrogens with zero attached hydrogens (tertiary/aromatic N) is 6. The number of aromatic nitrogens is 4. The van der Waals surface area contributed by atoms with Crippen molar-refractivity contribution in [3.05, 3.63) is 33.9 Å². The number of carbonyl (C=O) groups excluding carboxylic acids is 1. The maximum atomic E-state index is 12.4. The van der Waals surface area contributed by atoms with Crippen molar-refractivity contribution in [1.29, 1.82) is 0 Å². The zero-order valence-electron chi connectivity index (χ0n) is 25.4. The van der Waals surface area contributed by atoms with Crippen LogP contribution in [0, 0.1) is 13.8 Å². The number of hydrogen-bond acceptors (Lipinski definition) is 4. The Hall–Kier alpha value is 1.58. The Morgan fingerprint density at radius 3 is 1.55 bits per heavy atom. The van der Waals surface area contributed by atoms with Crippen LogP contribution >= 0.6 is 60.2 Å². The van der Waals surface area contributed by atoms with E-state index in [1.807, 2.05) is 41.8 Å². The predicted molar refractivity (Wildman–Crippen MR) is 184 cm³/mol. The summed E-state index contributed by atoms with van der Waals surface area (Å²) in [7, 11) is 14.8. The molecule has 0 fully saturated rings. The molecule has 0 spiro atoms. The Morgan fingerprint density at radius 2 is 1.15 bits per heavy atom. The third kappa shape index (κ3) is 15.5. The molecule has 0 aliphatic rings. The van der Waals surface area contributed by atoms with E-state index in [0.29, 0.717) is 17.8 Å². The first-order valence-electron chi connectivity index (χ1n) is 12.9. The summed E-state index contributed by atoms with van der Waals surface area (Å²) in [6.07, 6.45) is 5.35. The van der Waals surface area contributed by atoms with Crippen molar-refractivity contribution in [2.45, 2.75) is 91.7 Å². The quantitative estimate of drug-likeness (QED) is 0.119. The predicted octanol–water partition coefficient (Wildman–Crippen LogP) is 5.59. The van der Waals surface area contributed by atoms with Crippen molar-refractivity contribution >= 4 is 86.8 Å². The number of halogens is 2. The number of aryl methyl sites for hydroxylation is 2. The third-order valence-electron chi connectivity index (χ3n) is 5.96. The van der Waals surface area contributed by atoms with Crippen molar-refractivity contribution in [3.8, 4) is 0 Å². The molecule has 0 N–H and O–H groups in total. The minimum absolute atomic E-state index is 0. The fraction of sp³-hybridized carbons (Fsp3) is 0.692. The first-order valence-corrected chi connectivity index (χ1v) is 13.3. The molecule has 0 aliphatic heterocycles. The standard InChI is InChI=1S/C13H22BN3O.C13H22BN3S.2HI.2Y/c2*1-9(2)12-11(10(3)15-16-12)13(18)17(4)8-6-5-7-14;;;;/h2*9H,5-8H2,1-4H3,(H,15,16,18);2*1H;;/p-2. The largest absolute Gasteiger partial charge is 0.578 e. The van der Waals surface area contributed by atoms with E-state index in [1.54, 1.807) is 4.90 Å². The summed E-state index contributed by atoms with van der Waals surface area (Å²) < 4.78 is 0. The zero-order chi connectivity index (χ0) is 27.4. The van der Waals surface area contributed by atoms with Gasteiger partial charge in [0.25, 0.3) is 5.91 Å². The molecule has 2 heterocycles. The van der Waals surface area contributed by atoms with Gasteiger partial charge in [-0.05, 0) is 24.7 Å². The summed E-state index contributed by atoms with van der Waals surface area (Å²) in [6.45, 7) is 13.7.